The molecule has 0 atom stereocenters. The molecule has 0 aliphatic rings. The van der Waals surface area contributed by atoms with Crippen LogP contribution >= 0.6 is 0 Å². The lowest BCUT2D eigenvalue weighted by Crippen LogP contribution is -2.22. The van der Waals surface area contributed by atoms with Crippen molar-refractivity contribution in [3.05, 3.63) is 96.0 Å². The number of hydrogen-bond donors (Lipinski definition) is 1. The van der Waals surface area contributed by atoms with Crippen molar-refractivity contribution in [1.82, 2.24) is 10.3 Å². The normalized spacial score (nSPS) is 10.7. The van der Waals surface area contributed by atoms with Crippen molar-refractivity contribution < 1.29 is 13.9 Å². The minimum absolute atomic E-state index is 0.244. The molecule has 2 aromatic carbocycles. The van der Waals surface area contributed by atoms with E-state index in [0.29, 0.717) is 24.5 Å². The highest BCUT2D eigenvalue weighted by Gasteiger charge is 2.11. The monoisotopic (exact) mass is 358 g/mol. The van der Waals surface area contributed by atoms with Crippen molar-refractivity contribution in [2.24, 2.45) is 0 Å². The van der Waals surface area contributed by atoms with Gasteiger partial charge in [-0.3, -0.25) is 9.78 Å². The molecule has 2 heterocycles. The maximum atomic E-state index is 12.3. The van der Waals surface area contributed by atoms with Gasteiger partial charge in [-0.2, -0.15) is 0 Å². The summed E-state index contributed by atoms with van der Waals surface area (Å²) in [6, 6.07) is 22.6. The van der Waals surface area contributed by atoms with Crippen LogP contribution in [0.15, 0.2) is 83.4 Å². The molecule has 5 heteroatoms. The lowest BCUT2D eigenvalue weighted by atomic mass is 10.2. The number of amides is 1. The summed E-state index contributed by atoms with van der Waals surface area (Å²) in [6.45, 7) is 0.784. The van der Waals surface area contributed by atoms with Crippen LogP contribution in [0.5, 0.6) is 5.75 Å². The molecule has 4 aromatic rings. The Hall–Kier alpha value is -3.60. The van der Waals surface area contributed by atoms with Crippen LogP contribution in [0.25, 0.3) is 11.0 Å². The summed E-state index contributed by atoms with van der Waals surface area (Å²) in [7, 11) is 0. The van der Waals surface area contributed by atoms with E-state index in [4.69, 9.17) is 9.15 Å². The van der Waals surface area contributed by atoms with E-state index >= 15 is 0 Å². The number of pyridine rings is 1. The van der Waals surface area contributed by atoms with Gasteiger partial charge < -0.3 is 14.5 Å². The SMILES string of the molecule is O=C(NCc1cccc(OCc2ccccn2)c1)c1cc2ccccc2o1. The van der Waals surface area contributed by atoms with E-state index in [2.05, 4.69) is 10.3 Å². The van der Waals surface area contributed by atoms with Crippen LogP contribution in [0, 0.1) is 0 Å². The van der Waals surface area contributed by atoms with Crippen molar-refractivity contribution in [2.45, 2.75) is 13.2 Å². The highest BCUT2D eigenvalue weighted by Crippen LogP contribution is 2.19. The standard InChI is InChI=1S/C22H18N2O3/c25-22(21-13-17-7-1-2-10-20(17)27-21)24-14-16-6-5-9-19(12-16)26-15-18-8-3-4-11-23-18/h1-13H,14-15H2,(H,24,25). The van der Waals surface area contributed by atoms with E-state index in [9.17, 15) is 4.79 Å². The molecule has 0 unspecified atom stereocenters. The molecular weight excluding hydrogens is 340 g/mol. The van der Waals surface area contributed by atoms with E-state index < -0.39 is 0 Å². The van der Waals surface area contributed by atoms with Gasteiger partial charge in [0.1, 0.15) is 17.9 Å². The summed E-state index contributed by atoms with van der Waals surface area (Å²) < 4.78 is 11.4. The van der Waals surface area contributed by atoms with Gasteiger partial charge >= 0.3 is 0 Å². The molecule has 0 fully saturated rings. The van der Waals surface area contributed by atoms with Gasteiger partial charge in [-0.1, -0.05) is 36.4 Å². The van der Waals surface area contributed by atoms with E-state index in [-0.39, 0.29) is 5.91 Å². The Balaban J connectivity index is 1.37. The molecule has 134 valence electrons. The van der Waals surface area contributed by atoms with Crippen LogP contribution in [0.2, 0.25) is 0 Å². The van der Waals surface area contributed by atoms with Gasteiger partial charge in [-0.15, -0.1) is 0 Å². The summed E-state index contributed by atoms with van der Waals surface area (Å²) >= 11 is 0. The van der Waals surface area contributed by atoms with Crippen molar-refractivity contribution in [3.8, 4) is 5.75 Å². The molecule has 1 N–H and O–H groups in total. The molecule has 0 radical (unpaired) electrons. The Morgan fingerprint density at radius 3 is 2.74 bits per heavy atom. The molecule has 5 nitrogen and oxygen atoms in total. The average Bonchev–Trinajstić information content (AvgIpc) is 3.16. The number of para-hydroxylation sites is 1. The largest absolute Gasteiger partial charge is 0.487 e. The number of nitrogens with one attached hydrogen (secondary N) is 1. The zero-order valence-corrected chi connectivity index (χ0v) is 14.6. The lowest BCUT2D eigenvalue weighted by Gasteiger charge is -2.08. The molecule has 0 saturated heterocycles. The Morgan fingerprint density at radius 2 is 1.89 bits per heavy atom. The first-order chi connectivity index (χ1) is 13.3. The number of carbonyl (C=O) groups is 1. The first-order valence-corrected chi connectivity index (χ1v) is 8.66. The Labute approximate surface area is 156 Å². The maximum absolute atomic E-state index is 12.3. The third-order valence-corrected chi connectivity index (χ3v) is 4.11. The van der Waals surface area contributed by atoms with Crippen LogP contribution in [-0.2, 0) is 13.2 Å². The van der Waals surface area contributed by atoms with E-state index in [1.54, 1.807) is 12.3 Å². The fourth-order valence-electron chi connectivity index (χ4n) is 2.75. The summed E-state index contributed by atoms with van der Waals surface area (Å²) in [4.78, 5) is 16.6. The van der Waals surface area contributed by atoms with Crippen molar-refractivity contribution in [1.29, 1.82) is 0 Å². The summed E-state index contributed by atoms with van der Waals surface area (Å²) in [5.41, 5.74) is 2.51. The van der Waals surface area contributed by atoms with Gasteiger partial charge in [-0.05, 0) is 42.0 Å². The number of rotatable bonds is 6. The highest BCUT2D eigenvalue weighted by molar-refractivity contribution is 5.96. The molecule has 0 aliphatic heterocycles. The number of hydrogen-bond acceptors (Lipinski definition) is 4. The number of aromatic nitrogens is 1. The average molecular weight is 358 g/mol. The number of benzene rings is 2. The van der Waals surface area contributed by atoms with Gasteiger partial charge in [0.05, 0.1) is 5.69 Å². The number of fused-ring (bicyclic) bond motifs is 1. The van der Waals surface area contributed by atoms with Crippen molar-refractivity contribution in [3.63, 3.8) is 0 Å². The zero-order chi connectivity index (χ0) is 18.5. The number of nitrogens with zero attached hydrogens (tertiary/aromatic N) is 1. The molecule has 0 bridgehead atoms. The second-order valence-corrected chi connectivity index (χ2v) is 6.09. The van der Waals surface area contributed by atoms with Gasteiger partial charge in [0.25, 0.3) is 5.91 Å². The quantitative estimate of drug-likeness (QED) is 0.557. The molecule has 0 saturated carbocycles. The fourth-order valence-corrected chi connectivity index (χ4v) is 2.75. The van der Waals surface area contributed by atoms with Crippen molar-refractivity contribution >= 4 is 16.9 Å². The van der Waals surface area contributed by atoms with Crippen LogP contribution in [0.1, 0.15) is 21.8 Å². The minimum atomic E-state index is -0.244. The van der Waals surface area contributed by atoms with Crippen LogP contribution in [0.3, 0.4) is 0 Å². The zero-order valence-electron chi connectivity index (χ0n) is 14.6. The predicted molar refractivity (Wildman–Crippen MR) is 102 cm³/mol. The first kappa shape index (κ1) is 16.8. The third-order valence-electron chi connectivity index (χ3n) is 4.11. The predicted octanol–water partition coefficient (Wildman–Crippen LogP) is 4.34. The van der Waals surface area contributed by atoms with Gasteiger partial charge in [0.2, 0.25) is 0 Å². The summed E-state index contributed by atoms with van der Waals surface area (Å²) in [5.74, 6) is 0.793. The molecule has 2 aromatic heterocycles. The highest BCUT2D eigenvalue weighted by atomic mass is 16.5. The van der Waals surface area contributed by atoms with Crippen LogP contribution < -0.4 is 10.1 Å². The summed E-state index contributed by atoms with van der Waals surface area (Å²) in [5, 5.41) is 3.79. The second-order valence-electron chi connectivity index (χ2n) is 6.09. The second kappa shape index (κ2) is 7.74. The molecule has 1 amide bonds. The fraction of sp³-hybridized carbons (Fsp3) is 0.0909. The maximum Gasteiger partial charge on any atom is 0.287 e. The number of furan rings is 1. The topological polar surface area (TPSA) is 64.4 Å². The minimum Gasteiger partial charge on any atom is -0.487 e. The van der Waals surface area contributed by atoms with Gasteiger partial charge in [0.15, 0.2) is 5.76 Å². The van der Waals surface area contributed by atoms with Crippen molar-refractivity contribution in [2.75, 3.05) is 0 Å². The van der Waals surface area contributed by atoms with E-state index in [1.165, 1.54) is 0 Å². The number of ether oxygens (including phenoxy) is 1. The molecule has 27 heavy (non-hydrogen) atoms. The Bertz CT molecular complexity index is 1020. The van der Waals surface area contributed by atoms with E-state index in [1.807, 2.05) is 66.7 Å². The smallest absolute Gasteiger partial charge is 0.287 e. The molecule has 4 rings (SSSR count). The molecular formula is C22H18N2O3. The first-order valence-electron chi connectivity index (χ1n) is 8.66. The molecule has 0 aliphatic carbocycles. The van der Waals surface area contributed by atoms with Gasteiger partial charge in [-0.25, -0.2) is 0 Å². The Morgan fingerprint density at radius 1 is 1.00 bits per heavy atom. The molecule has 0 spiro atoms. The number of carbonyl (C=O) groups excluding carboxylic acids is 1. The summed E-state index contributed by atoms with van der Waals surface area (Å²) in [6.07, 6.45) is 1.74. The third kappa shape index (κ3) is 4.15. The van der Waals surface area contributed by atoms with Gasteiger partial charge in [0, 0.05) is 18.1 Å². The lowest BCUT2D eigenvalue weighted by molar-refractivity contribution is 0.0925. The van der Waals surface area contributed by atoms with Crippen LogP contribution in [-0.4, -0.2) is 10.9 Å². The Kier molecular flexibility index (Phi) is 4.83. The van der Waals surface area contributed by atoms with Crippen LogP contribution in [0.4, 0.5) is 0 Å². The van der Waals surface area contributed by atoms with E-state index in [0.717, 1.165) is 22.4 Å².